The van der Waals surface area contributed by atoms with Crippen LogP contribution in [-0.2, 0) is 17.8 Å². The molecule has 0 spiro atoms. The lowest BCUT2D eigenvalue weighted by Gasteiger charge is -2.36. The summed E-state index contributed by atoms with van der Waals surface area (Å²) in [5, 5.41) is 7.84. The van der Waals surface area contributed by atoms with Gasteiger partial charge in [0.15, 0.2) is 5.96 Å². The van der Waals surface area contributed by atoms with Gasteiger partial charge in [-0.15, -0.1) is 24.0 Å². The van der Waals surface area contributed by atoms with Gasteiger partial charge in [-0.1, -0.05) is 30.3 Å². The van der Waals surface area contributed by atoms with E-state index in [1.165, 1.54) is 11.1 Å². The van der Waals surface area contributed by atoms with Gasteiger partial charge in [0, 0.05) is 52.0 Å². The molecule has 0 saturated carbocycles. The minimum absolute atomic E-state index is 0. The van der Waals surface area contributed by atoms with E-state index < -0.39 is 0 Å². The van der Waals surface area contributed by atoms with E-state index in [4.69, 9.17) is 9.73 Å². The fourth-order valence-electron chi connectivity index (χ4n) is 4.38. The number of benzene rings is 1. The summed E-state index contributed by atoms with van der Waals surface area (Å²) in [6.07, 6.45) is 5.21. The largest absolute Gasteiger partial charge is 0.373 e. The Morgan fingerprint density at radius 1 is 1.26 bits per heavy atom. The second-order valence-corrected chi connectivity index (χ2v) is 8.21. The van der Waals surface area contributed by atoms with E-state index in [1.54, 1.807) is 0 Å². The van der Waals surface area contributed by atoms with Crippen molar-refractivity contribution in [3.63, 3.8) is 0 Å². The maximum atomic E-state index is 6.14. The Labute approximate surface area is 202 Å². The summed E-state index contributed by atoms with van der Waals surface area (Å²) in [6.45, 7) is 11.4. The predicted octanol–water partition coefficient (Wildman–Crippen LogP) is 2.75. The van der Waals surface area contributed by atoms with Crippen molar-refractivity contribution >= 4 is 29.9 Å². The van der Waals surface area contributed by atoms with Gasteiger partial charge in [0.2, 0.25) is 0 Å². The van der Waals surface area contributed by atoms with Crippen molar-refractivity contribution in [1.29, 1.82) is 0 Å². The summed E-state index contributed by atoms with van der Waals surface area (Å²) in [5.41, 5.74) is 2.57. The quantitative estimate of drug-likeness (QED) is 0.255. The number of nitrogens with zero attached hydrogens (tertiary/aromatic N) is 5. The summed E-state index contributed by atoms with van der Waals surface area (Å²) < 4.78 is 8.13. The lowest BCUT2D eigenvalue weighted by molar-refractivity contribution is -0.0502. The highest BCUT2D eigenvalue weighted by molar-refractivity contribution is 14.0. The van der Waals surface area contributed by atoms with E-state index in [1.807, 2.05) is 10.9 Å². The Bertz CT molecular complexity index is 826. The number of hydrogen-bond acceptors (Lipinski definition) is 4. The molecule has 4 rings (SSSR count). The number of aliphatic imine (C=N–C) groups is 1. The molecule has 170 valence electrons. The van der Waals surface area contributed by atoms with Crippen LogP contribution in [0.3, 0.4) is 0 Å². The highest BCUT2D eigenvalue weighted by atomic mass is 127. The lowest BCUT2D eigenvalue weighted by atomic mass is 10.1. The summed E-state index contributed by atoms with van der Waals surface area (Å²) in [5.74, 6) is 1.01. The number of nitrogens with one attached hydrogen (secondary N) is 1. The zero-order valence-corrected chi connectivity index (χ0v) is 20.9. The third kappa shape index (κ3) is 6.43. The maximum Gasteiger partial charge on any atom is 0.194 e. The van der Waals surface area contributed by atoms with Crippen LogP contribution >= 0.6 is 24.0 Å². The molecule has 0 amide bonds. The molecule has 7 nitrogen and oxygen atoms in total. The van der Waals surface area contributed by atoms with Gasteiger partial charge in [-0.25, -0.2) is 0 Å². The minimum Gasteiger partial charge on any atom is -0.373 e. The van der Waals surface area contributed by atoms with Crippen molar-refractivity contribution in [2.24, 2.45) is 4.99 Å². The zero-order valence-electron chi connectivity index (χ0n) is 18.6. The monoisotopic (exact) mass is 538 g/mol. The third-order valence-corrected chi connectivity index (χ3v) is 5.85. The highest BCUT2D eigenvalue weighted by Gasteiger charge is 2.41. The number of ether oxygens (including phenoxy) is 1. The molecule has 3 heterocycles. The van der Waals surface area contributed by atoms with E-state index in [0.717, 1.165) is 64.8 Å². The van der Waals surface area contributed by atoms with Crippen molar-refractivity contribution in [1.82, 2.24) is 24.9 Å². The van der Waals surface area contributed by atoms with Gasteiger partial charge >= 0.3 is 0 Å². The zero-order chi connectivity index (χ0) is 20.8. The normalized spacial score (nSPS) is 21.6. The fourth-order valence-corrected chi connectivity index (χ4v) is 4.38. The first-order valence-corrected chi connectivity index (χ1v) is 11.1. The maximum absolute atomic E-state index is 6.14. The van der Waals surface area contributed by atoms with Crippen molar-refractivity contribution in [2.45, 2.75) is 45.5 Å². The van der Waals surface area contributed by atoms with Crippen molar-refractivity contribution < 1.29 is 4.74 Å². The molecule has 2 aliphatic heterocycles. The van der Waals surface area contributed by atoms with Gasteiger partial charge in [-0.3, -0.25) is 14.6 Å². The Balaban J connectivity index is 0.00000272. The number of hydrogen-bond donors (Lipinski definition) is 1. The van der Waals surface area contributed by atoms with Crippen LogP contribution in [0.4, 0.5) is 0 Å². The molecule has 2 aromatic rings. The van der Waals surface area contributed by atoms with Crippen LogP contribution in [0.5, 0.6) is 0 Å². The summed E-state index contributed by atoms with van der Waals surface area (Å²) in [7, 11) is 0. The molecule has 31 heavy (non-hydrogen) atoms. The van der Waals surface area contributed by atoms with Gasteiger partial charge in [0.1, 0.15) is 0 Å². The Kier molecular flexibility index (Phi) is 9.15. The van der Waals surface area contributed by atoms with Crippen molar-refractivity contribution in [2.75, 3.05) is 39.3 Å². The van der Waals surface area contributed by atoms with Crippen LogP contribution in [0.1, 0.15) is 24.5 Å². The first kappa shape index (κ1) is 24.0. The van der Waals surface area contributed by atoms with E-state index in [9.17, 15) is 0 Å². The van der Waals surface area contributed by atoms with Gasteiger partial charge in [0.05, 0.1) is 24.9 Å². The van der Waals surface area contributed by atoms with E-state index in [-0.39, 0.29) is 30.1 Å². The lowest BCUT2D eigenvalue weighted by Crippen LogP contribution is -2.50. The third-order valence-electron chi connectivity index (χ3n) is 5.85. The minimum atomic E-state index is 0. The molecule has 2 saturated heterocycles. The van der Waals surface area contributed by atoms with Crippen LogP contribution in [0.2, 0.25) is 0 Å². The highest BCUT2D eigenvalue weighted by Crippen LogP contribution is 2.24. The Hall–Kier alpha value is -1.65. The first-order chi connectivity index (χ1) is 14.7. The number of rotatable bonds is 7. The number of morpholine rings is 1. The van der Waals surface area contributed by atoms with Crippen molar-refractivity contribution in [3.05, 3.63) is 53.9 Å². The molecule has 2 unspecified atom stereocenters. The SMILES string of the molecule is CCNC(=NCCCn1cc(C)cn1)N1CC2OCCN(Cc3ccccc3)C2C1.I. The number of likely N-dealkylation sites (tertiary alicyclic amines) is 1. The molecule has 2 fully saturated rings. The van der Waals surface area contributed by atoms with Crippen LogP contribution in [-0.4, -0.2) is 77.0 Å². The fraction of sp³-hybridized carbons (Fsp3) is 0.565. The van der Waals surface area contributed by atoms with E-state index >= 15 is 0 Å². The van der Waals surface area contributed by atoms with Crippen LogP contribution in [0.25, 0.3) is 0 Å². The molecule has 2 atom stereocenters. The molecular weight excluding hydrogens is 503 g/mol. The number of aromatic nitrogens is 2. The molecule has 1 aromatic carbocycles. The average Bonchev–Trinajstić information content (AvgIpc) is 3.38. The van der Waals surface area contributed by atoms with Crippen LogP contribution in [0, 0.1) is 6.92 Å². The Morgan fingerprint density at radius 3 is 2.84 bits per heavy atom. The van der Waals surface area contributed by atoms with Crippen LogP contribution < -0.4 is 5.32 Å². The molecular formula is C23H35IN6O. The molecule has 0 radical (unpaired) electrons. The van der Waals surface area contributed by atoms with Crippen molar-refractivity contribution in [3.8, 4) is 0 Å². The molecule has 8 heteroatoms. The standard InChI is InChI=1S/C23H34N6O.HI/c1-3-24-23(25-10-7-11-29-15-19(2)14-26-29)28-17-21-22(18-28)30-13-12-27(21)16-20-8-5-4-6-9-20;/h4-6,8-9,14-15,21-22H,3,7,10-13,16-18H2,1-2H3,(H,24,25);1H. The number of guanidine groups is 1. The van der Waals surface area contributed by atoms with Crippen LogP contribution in [0.15, 0.2) is 47.7 Å². The number of halogens is 1. The summed E-state index contributed by atoms with van der Waals surface area (Å²) in [4.78, 5) is 9.85. The van der Waals surface area contributed by atoms with E-state index in [2.05, 4.69) is 70.6 Å². The summed E-state index contributed by atoms with van der Waals surface area (Å²) >= 11 is 0. The summed E-state index contributed by atoms with van der Waals surface area (Å²) in [6, 6.07) is 11.2. The smallest absolute Gasteiger partial charge is 0.194 e. The Morgan fingerprint density at radius 2 is 2.10 bits per heavy atom. The second kappa shape index (κ2) is 11.8. The molecule has 2 aliphatic rings. The topological polar surface area (TPSA) is 57.9 Å². The second-order valence-electron chi connectivity index (χ2n) is 8.21. The first-order valence-electron chi connectivity index (χ1n) is 11.1. The molecule has 1 N–H and O–H groups in total. The molecule has 0 aliphatic carbocycles. The van der Waals surface area contributed by atoms with Gasteiger partial charge in [0.25, 0.3) is 0 Å². The van der Waals surface area contributed by atoms with E-state index in [0.29, 0.717) is 6.04 Å². The van der Waals surface area contributed by atoms with Gasteiger partial charge < -0.3 is 15.0 Å². The number of fused-ring (bicyclic) bond motifs is 1. The predicted molar refractivity (Wildman–Crippen MR) is 135 cm³/mol. The molecule has 1 aromatic heterocycles. The van der Waals surface area contributed by atoms with Gasteiger partial charge in [-0.2, -0.15) is 5.10 Å². The average molecular weight is 538 g/mol. The van der Waals surface area contributed by atoms with Gasteiger partial charge in [-0.05, 0) is 31.4 Å². The molecule has 0 bridgehead atoms. The number of aryl methyl sites for hydroxylation is 2.